The highest BCUT2D eigenvalue weighted by Crippen LogP contribution is 2.27. The Morgan fingerprint density at radius 1 is 1.24 bits per heavy atom. The van der Waals surface area contributed by atoms with E-state index in [4.69, 9.17) is 4.74 Å². The van der Waals surface area contributed by atoms with Gasteiger partial charge in [0.2, 0.25) is 0 Å². The molecule has 0 aromatic heterocycles. The summed E-state index contributed by atoms with van der Waals surface area (Å²) in [5.41, 5.74) is 0. The van der Waals surface area contributed by atoms with Crippen LogP contribution in [-0.2, 0) is 0 Å². The quantitative estimate of drug-likeness (QED) is 0.765. The van der Waals surface area contributed by atoms with Crippen LogP contribution in [0.5, 0.6) is 5.75 Å². The van der Waals surface area contributed by atoms with Crippen molar-refractivity contribution in [3.63, 3.8) is 0 Å². The second kappa shape index (κ2) is 6.39. The summed E-state index contributed by atoms with van der Waals surface area (Å²) in [6.45, 7) is 0.739. The van der Waals surface area contributed by atoms with Crippen LogP contribution in [-0.4, -0.2) is 6.61 Å². The van der Waals surface area contributed by atoms with E-state index in [0.717, 1.165) is 24.7 Å². The van der Waals surface area contributed by atoms with E-state index in [-0.39, 0.29) is 5.82 Å². The summed E-state index contributed by atoms with van der Waals surface area (Å²) < 4.78 is 19.1. The lowest BCUT2D eigenvalue weighted by Crippen LogP contribution is -2.10. The molecule has 2 rings (SSSR count). The lowest BCUT2D eigenvalue weighted by molar-refractivity contribution is 0.246. The summed E-state index contributed by atoms with van der Waals surface area (Å²) in [6.07, 6.45) is 7.93. The van der Waals surface area contributed by atoms with Crippen molar-refractivity contribution < 1.29 is 9.13 Å². The zero-order valence-electron chi connectivity index (χ0n) is 9.92. The smallest absolute Gasteiger partial charge is 0.137 e. The summed E-state index contributed by atoms with van der Waals surface area (Å²) in [5.74, 6) is 1.33. The molecule has 1 fully saturated rings. The van der Waals surface area contributed by atoms with Crippen LogP contribution in [0.3, 0.4) is 0 Å². The van der Waals surface area contributed by atoms with E-state index >= 15 is 0 Å². The molecule has 1 aromatic carbocycles. The van der Waals surface area contributed by atoms with Crippen molar-refractivity contribution in [1.29, 1.82) is 0 Å². The SMILES string of the molecule is Fc1ccc(OCCC2CCCCC2)cc1Br. The molecule has 0 saturated heterocycles. The standard InChI is InChI=1S/C14H18BrFO/c15-13-10-12(6-7-14(13)16)17-9-8-11-4-2-1-3-5-11/h6-7,10-11H,1-5,8-9H2. The van der Waals surface area contributed by atoms with Gasteiger partial charge in [-0.3, -0.25) is 0 Å². The maximum Gasteiger partial charge on any atom is 0.137 e. The van der Waals surface area contributed by atoms with E-state index in [2.05, 4.69) is 15.9 Å². The van der Waals surface area contributed by atoms with Crippen LogP contribution >= 0.6 is 15.9 Å². The van der Waals surface area contributed by atoms with Crippen molar-refractivity contribution in [2.75, 3.05) is 6.61 Å². The van der Waals surface area contributed by atoms with Crippen LogP contribution in [0.2, 0.25) is 0 Å². The molecule has 0 heterocycles. The monoisotopic (exact) mass is 300 g/mol. The third kappa shape index (κ3) is 3.98. The molecule has 0 amide bonds. The summed E-state index contributed by atoms with van der Waals surface area (Å²) in [7, 11) is 0. The summed E-state index contributed by atoms with van der Waals surface area (Å²) >= 11 is 3.16. The highest BCUT2D eigenvalue weighted by atomic mass is 79.9. The lowest BCUT2D eigenvalue weighted by Gasteiger charge is -2.21. The molecule has 0 bridgehead atoms. The normalized spacial score (nSPS) is 17.1. The highest BCUT2D eigenvalue weighted by Gasteiger charge is 2.13. The first-order chi connectivity index (χ1) is 8.25. The van der Waals surface area contributed by atoms with Gasteiger partial charge in [0.1, 0.15) is 11.6 Å². The maximum atomic E-state index is 13.0. The van der Waals surface area contributed by atoms with Crippen molar-refractivity contribution in [3.8, 4) is 5.75 Å². The second-order valence-electron chi connectivity index (χ2n) is 4.72. The fraction of sp³-hybridized carbons (Fsp3) is 0.571. The molecule has 0 aliphatic heterocycles. The molecular weight excluding hydrogens is 283 g/mol. The molecule has 1 aromatic rings. The van der Waals surface area contributed by atoms with Gasteiger partial charge < -0.3 is 4.74 Å². The van der Waals surface area contributed by atoms with Gasteiger partial charge in [-0.2, -0.15) is 0 Å². The lowest BCUT2D eigenvalue weighted by atomic mass is 9.87. The van der Waals surface area contributed by atoms with E-state index < -0.39 is 0 Å². The molecule has 1 nitrogen and oxygen atoms in total. The minimum Gasteiger partial charge on any atom is -0.494 e. The molecule has 3 heteroatoms. The second-order valence-corrected chi connectivity index (χ2v) is 5.57. The average Bonchev–Trinajstić information content (AvgIpc) is 2.35. The van der Waals surface area contributed by atoms with Crippen LogP contribution in [0.15, 0.2) is 22.7 Å². The highest BCUT2D eigenvalue weighted by molar-refractivity contribution is 9.10. The number of halogens is 2. The average molecular weight is 301 g/mol. The van der Waals surface area contributed by atoms with Gasteiger partial charge in [0.05, 0.1) is 11.1 Å². The van der Waals surface area contributed by atoms with Crippen LogP contribution in [0, 0.1) is 11.7 Å². The molecule has 1 aliphatic carbocycles. The summed E-state index contributed by atoms with van der Waals surface area (Å²) in [5, 5.41) is 0. The Morgan fingerprint density at radius 2 is 2.00 bits per heavy atom. The molecule has 17 heavy (non-hydrogen) atoms. The largest absolute Gasteiger partial charge is 0.494 e. The summed E-state index contributed by atoms with van der Waals surface area (Å²) in [6, 6.07) is 4.80. The van der Waals surface area contributed by atoms with E-state index in [9.17, 15) is 4.39 Å². The van der Waals surface area contributed by atoms with Gasteiger partial charge in [-0.05, 0) is 46.5 Å². The molecule has 1 aliphatic rings. The maximum absolute atomic E-state index is 13.0. The number of benzene rings is 1. The minimum atomic E-state index is -0.246. The first-order valence-electron chi connectivity index (χ1n) is 6.33. The Morgan fingerprint density at radius 3 is 2.71 bits per heavy atom. The van der Waals surface area contributed by atoms with E-state index in [1.807, 2.05) is 0 Å². The third-order valence-corrected chi connectivity index (χ3v) is 4.02. The predicted molar refractivity (Wildman–Crippen MR) is 70.8 cm³/mol. The van der Waals surface area contributed by atoms with E-state index in [0.29, 0.717) is 4.47 Å². The van der Waals surface area contributed by atoms with Crippen molar-refractivity contribution in [2.24, 2.45) is 5.92 Å². The van der Waals surface area contributed by atoms with E-state index in [1.54, 1.807) is 12.1 Å². The van der Waals surface area contributed by atoms with Crippen LogP contribution in [0.25, 0.3) is 0 Å². The molecule has 0 unspecified atom stereocenters. The molecule has 0 spiro atoms. The van der Waals surface area contributed by atoms with Crippen molar-refractivity contribution in [2.45, 2.75) is 38.5 Å². The van der Waals surface area contributed by atoms with Gasteiger partial charge in [-0.15, -0.1) is 0 Å². The van der Waals surface area contributed by atoms with E-state index in [1.165, 1.54) is 38.2 Å². The Bertz CT molecular complexity index is 361. The van der Waals surface area contributed by atoms with Gasteiger partial charge in [-0.25, -0.2) is 4.39 Å². The van der Waals surface area contributed by atoms with Crippen molar-refractivity contribution in [3.05, 3.63) is 28.5 Å². The molecule has 0 radical (unpaired) electrons. The third-order valence-electron chi connectivity index (χ3n) is 3.41. The fourth-order valence-corrected chi connectivity index (χ4v) is 2.74. The molecule has 94 valence electrons. The Balaban J connectivity index is 1.75. The van der Waals surface area contributed by atoms with Gasteiger partial charge in [0.25, 0.3) is 0 Å². The Labute approximate surface area is 110 Å². The van der Waals surface area contributed by atoms with Crippen LogP contribution in [0.4, 0.5) is 4.39 Å². The number of hydrogen-bond donors (Lipinski definition) is 0. The first kappa shape index (κ1) is 12.9. The number of hydrogen-bond acceptors (Lipinski definition) is 1. The predicted octanol–water partition coefficient (Wildman–Crippen LogP) is 4.94. The molecular formula is C14H18BrFO. The zero-order chi connectivity index (χ0) is 12.1. The Kier molecular flexibility index (Phi) is 4.84. The minimum absolute atomic E-state index is 0.246. The molecule has 0 atom stereocenters. The van der Waals surface area contributed by atoms with Gasteiger partial charge in [0, 0.05) is 0 Å². The first-order valence-corrected chi connectivity index (χ1v) is 7.13. The zero-order valence-corrected chi connectivity index (χ0v) is 11.5. The summed E-state index contributed by atoms with van der Waals surface area (Å²) in [4.78, 5) is 0. The van der Waals surface area contributed by atoms with Crippen LogP contribution in [0.1, 0.15) is 38.5 Å². The van der Waals surface area contributed by atoms with Gasteiger partial charge in [0.15, 0.2) is 0 Å². The Hall–Kier alpha value is -0.570. The van der Waals surface area contributed by atoms with Gasteiger partial charge >= 0.3 is 0 Å². The van der Waals surface area contributed by atoms with Crippen molar-refractivity contribution in [1.82, 2.24) is 0 Å². The van der Waals surface area contributed by atoms with Crippen LogP contribution < -0.4 is 4.74 Å². The topological polar surface area (TPSA) is 9.23 Å². The number of ether oxygens (including phenoxy) is 1. The van der Waals surface area contributed by atoms with Gasteiger partial charge in [-0.1, -0.05) is 32.1 Å². The number of rotatable bonds is 4. The molecule has 1 saturated carbocycles. The molecule has 0 N–H and O–H groups in total. The fourth-order valence-electron chi connectivity index (χ4n) is 2.39. The van der Waals surface area contributed by atoms with Crippen molar-refractivity contribution >= 4 is 15.9 Å².